The number of nitrogens with zero attached hydrogens (tertiary/aromatic N) is 4. The zero-order valence-corrected chi connectivity index (χ0v) is 13.4. The SMILES string of the molecule is CO/N=C(\C1=NOCCO1)c1ccccc1Oc1cc(Cl)ncn1. The van der Waals surface area contributed by atoms with Gasteiger partial charge in [0.15, 0.2) is 12.3 Å². The smallest absolute Gasteiger partial charge is 0.280 e. The van der Waals surface area contributed by atoms with Crippen LogP contribution in [-0.4, -0.2) is 41.9 Å². The predicted octanol–water partition coefficient (Wildman–Crippen LogP) is 2.63. The third kappa shape index (κ3) is 3.72. The maximum Gasteiger partial charge on any atom is 0.280 e. The van der Waals surface area contributed by atoms with Gasteiger partial charge < -0.3 is 19.1 Å². The van der Waals surface area contributed by atoms with Gasteiger partial charge in [-0.3, -0.25) is 0 Å². The lowest BCUT2D eigenvalue weighted by molar-refractivity contribution is 0.0672. The highest BCUT2D eigenvalue weighted by Gasteiger charge is 2.22. The molecule has 0 saturated carbocycles. The minimum Gasteiger partial charge on any atom is -0.470 e. The van der Waals surface area contributed by atoms with Crippen LogP contribution in [0.15, 0.2) is 47.0 Å². The lowest BCUT2D eigenvalue weighted by Gasteiger charge is -2.16. The Morgan fingerprint density at radius 3 is 2.88 bits per heavy atom. The highest BCUT2D eigenvalue weighted by molar-refractivity contribution is 6.45. The number of ether oxygens (including phenoxy) is 2. The molecule has 0 saturated heterocycles. The van der Waals surface area contributed by atoms with E-state index in [0.29, 0.717) is 36.1 Å². The molecule has 0 atom stereocenters. The summed E-state index contributed by atoms with van der Waals surface area (Å²) in [4.78, 5) is 17.8. The molecule has 3 rings (SSSR count). The van der Waals surface area contributed by atoms with Gasteiger partial charge in [-0.15, -0.1) is 0 Å². The van der Waals surface area contributed by atoms with Crippen molar-refractivity contribution in [3.63, 3.8) is 0 Å². The van der Waals surface area contributed by atoms with E-state index in [9.17, 15) is 0 Å². The van der Waals surface area contributed by atoms with Gasteiger partial charge in [0.05, 0.1) is 5.56 Å². The Morgan fingerprint density at radius 2 is 2.12 bits per heavy atom. The topological polar surface area (TPSA) is 87.4 Å². The first-order chi connectivity index (χ1) is 11.8. The second kappa shape index (κ2) is 7.60. The van der Waals surface area contributed by atoms with Crippen LogP contribution in [0.2, 0.25) is 5.15 Å². The fourth-order valence-electron chi connectivity index (χ4n) is 1.95. The average molecular weight is 349 g/mol. The van der Waals surface area contributed by atoms with Crippen molar-refractivity contribution in [3.05, 3.63) is 47.4 Å². The van der Waals surface area contributed by atoms with Crippen molar-refractivity contribution in [1.29, 1.82) is 0 Å². The van der Waals surface area contributed by atoms with Crippen LogP contribution in [0.4, 0.5) is 0 Å². The maximum atomic E-state index is 5.85. The van der Waals surface area contributed by atoms with E-state index >= 15 is 0 Å². The minimum absolute atomic E-state index is 0.208. The Bertz CT molecular complexity index is 782. The van der Waals surface area contributed by atoms with Crippen molar-refractivity contribution in [2.75, 3.05) is 20.3 Å². The summed E-state index contributed by atoms with van der Waals surface area (Å²) in [6, 6.07) is 8.68. The summed E-state index contributed by atoms with van der Waals surface area (Å²) in [7, 11) is 1.43. The Hall–Kier alpha value is -2.87. The summed E-state index contributed by atoms with van der Waals surface area (Å²) in [5.74, 6) is 0.974. The van der Waals surface area contributed by atoms with E-state index in [1.54, 1.807) is 12.1 Å². The van der Waals surface area contributed by atoms with E-state index in [4.69, 9.17) is 30.7 Å². The molecule has 2 aromatic rings. The highest BCUT2D eigenvalue weighted by Crippen LogP contribution is 2.26. The molecule has 9 heteroatoms. The van der Waals surface area contributed by atoms with Crippen molar-refractivity contribution in [2.45, 2.75) is 0 Å². The summed E-state index contributed by atoms with van der Waals surface area (Å²) >= 11 is 5.85. The molecule has 1 aliphatic heterocycles. The Balaban J connectivity index is 1.97. The second-order valence-electron chi connectivity index (χ2n) is 4.48. The maximum absolute atomic E-state index is 5.85. The lowest BCUT2D eigenvalue weighted by atomic mass is 10.1. The van der Waals surface area contributed by atoms with E-state index in [1.807, 2.05) is 12.1 Å². The molecule has 0 spiro atoms. The van der Waals surface area contributed by atoms with Crippen LogP contribution in [0.1, 0.15) is 5.56 Å². The average Bonchev–Trinajstić information content (AvgIpc) is 2.61. The van der Waals surface area contributed by atoms with Crippen molar-refractivity contribution in [2.24, 2.45) is 10.3 Å². The van der Waals surface area contributed by atoms with Gasteiger partial charge in [0, 0.05) is 6.07 Å². The number of hydrogen-bond donors (Lipinski definition) is 0. The molecular formula is C15H13ClN4O4. The molecule has 0 amide bonds. The first-order valence-electron chi connectivity index (χ1n) is 6.97. The Labute approximate surface area is 142 Å². The standard InChI is InChI=1S/C15H13ClN4O4/c1-21-19-14(15-20-23-7-6-22-15)10-4-2-3-5-11(10)24-13-8-12(16)17-9-18-13/h2-5,8-9H,6-7H2,1H3/b19-14-. The third-order valence-electron chi connectivity index (χ3n) is 2.91. The van der Waals surface area contributed by atoms with Gasteiger partial charge in [-0.2, -0.15) is 0 Å². The molecule has 0 bridgehead atoms. The van der Waals surface area contributed by atoms with E-state index in [-0.39, 0.29) is 11.1 Å². The zero-order valence-electron chi connectivity index (χ0n) is 12.7. The molecule has 24 heavy (non-hydrogen) atoms. The van der Waals surface area contributed by atoms with E-state index in [1.165, 1.54) is 19.5 Å². The quantitative estimate of drug-likeness (QED) is 0.469. The monoisotopic (exact) mass is 348 g/mol. The third-order valence-corrected chi connectivity index (χ3v) is 3.12. The number of aromatic nitrogens is 2. The van der Waals surface area contributed by atoms with Crippen molar-refractivity contribution < 1.29 is 19.1 Å². The minimum atomic E-state index is 0.208. The van der Waals surface area contributed by atoms with Crippen LogP contribution in [0.25, 0.3) is 0 Å². The molecule has 0 unspecified atom stereocenters. The molecule has 8 nitrogen and oxygen atoms in total. The number of benzene rings is 1. The van der Waals surface area contributed by atoms with Gasteiger partial charge in [0.2, 0.25) is 5.88 Å². The van der Waals surface area contributed by atoms with Crippen LogP contribution in [0, 0.1) is 0 Å². The molecule has 0 radical (unpaired) electrons. The van der Waals surface area contributed by atoms with E-state index < -0.39 is 0 Å². The van der Waals surface area contributed by atoms with Crippen LogP contribution in [-0.2, 0) is 14.4 Å². The zero-order chi connectivity index (χ0) is 16.8. The molecular weight excluding hydrogens is 336 g/mol. The van der Waals surface area contributed by atoms with Gasteiger partial charge in [0.1, 0.15) is 30.9 Å². The first-order valence-corrected chi connectivity index (χ1v) is 7.35. The number of hydrogen-bond acceptors (Lipinski definition) is 8. The van der Waals surface area contributed by atoms with Crippen molar-refractivity contribution >= 4 is 23.2 Å². The molecule has 2 heterocycles. The Kier molecular flexibility index (Phi) is 5.07. The normalized spacial score (nSPS) is 14.2. The summed E-state index contributed by atoms with van der Waals surface area (Å²) < 4.78 is 11.3. The van der Waals surface area contributed by atoms with Gasteiger partial charge in [0.25, 0.3) is 5.90 Å². The van der Waals surface area contributed by atoms with Crippen molar-refractivity contribution in [3.8, 4) is 11.6 Å². The number of para-hydroxylation sites is 1. The van der Waals surface area contributed by atoms with Crippen LogP contribution in [0.5, 0.6) is 11.6 Å². The summed E-state index contributed by atoms with van der Waals surface area (Å²) in [5.41, 5.74) is 0.936. The van der Waals surface area contributed by atoms with Crippen LogP contribution < -0.4 is 4.74 Å². The molecule has 124 valence electrons. The molecule has 1 aromatic heterocycles. The van der Waals surface area contributed by atoms with Gasteiger partial charge in [-0.25, -0.2) is 9.97 Å². The number of oxime groups is 2. The number of rotatable bonds is 5. The Morgan fingerprint density at radius 1 is 1.25 bits per heavy atom. The fraction of sp³-hybridized carbons (Fsp3) is 0.200. The molecule has 1 aliphatic rings. The molecule has 0 N–H and O–H groups in total. The van der Waals surface area contributed by atoms with E-state index in [0.717, 1.165) is 0 Å². The molecule has 0 aliphatic carbocycles. The second-order valence-corrected chi connectivity index (χ2v) is 4.87. The fourth-order valence-corrected chi connectivity index (χ4v) is 2.09. The molecule has 1 aromatic carbocycles. The van der Waals surface area contributed by atoms with Gasteiger partial charge >= 0.3 is 0 Å². The lowest BCUT2D eigenvalue weighted by Crippen LogP contribution is -2.25. The van der Waals surface area contributed by atoms with Crippen LogP contribution >= 0.6 is 11.6 Å². The summed E-state index contributed by atoms with van der Waals surface area (Å²) in [6.07, 6.45) is 1.31. The number of halogens is 1. The first kappa shape index (κ1) is 16.0. The summed E-state index contributed by atoms with van der Waals surface area (Å²) in [6.45, 7) is 0.744. The largest absolute Gasteiger partial charge is 0.470 e. The van der Waals surface area contributed by atoms with Gasteiger partial charge in [-0.1, -0.05) is 28.9 Å². The summed E-state index contributed by atoms with van der Waals surface area (Å²) in [5, 5.41) is 8.12. The van der Waals surface area contributed by atoms with E-state index in [2.05, 4.69) is 20.3 Å². The predicted molar refractivity (Wildman–Crippen MR) is 86.4 cm³/mol. The van der Waals surface area contributed by atoms with Crippen LogP contribution in [0.3, 0.4) is 0 Å². The van der Waals surface area contributed by atoms with Crippen molar-refractivity contribution in [1.82, 2.24) is 9.97 Å². The molecule has 0 fully saturated rings. The highest BCUT2D eigenvalue weighted by atomic mass is 35.5. The van der Waals surface area contributed by atoms with Gasteiger partial charge in [-0.05, 0) is 17.3 Å².